The van der Waals surface area contributed by atoms with Crippen LogP contribution in [0.2, 0.25) is 9.87 Å². The summed E-state index contributed by atoms with van der Waals surface area (Å²) in [4.78, 5) is 0. The predicted octanol–water partition coefficient (Wildman–Crippen LogP) is 4.49. The van der Waals surface area contributed by atoms with Gasteiger partial charge < -0.3 is 0 Å². The van der Waals surface area contributed by atoms with E-state index in [1.165, 1.54) is 0 Å². The van der Waals surface area contributed by atoms with Gasteiger partial charge in [0, 0.05) is 0 Å². The van der Waals surface area contributed by atoms with Crippen molar-refractivity contribution >= 4 is 21.8 Å². The Labute approximate surface area is 86.8 Å². The summed E-state index contributed by atoms with van der Waals surface area (Å²) >= 11 is -1.37. The zero-order chi connectivity index (χ0) is 10.2. The van der Waals surface area contributed by atoms with Crippen molar-refractivity contribution in [3.8, 4) is 0 Å². The normalized spacial score (nSPS) is 14.5. The topological polar surface area (TPSA) is 0 Å². The zero-order valence-electron chi connectivity index (χ0n) is 10.0. The van der Waals surface area contributed by atoms with Gasteiger partial charge in [-0.15, -0.1) is 0 Å². The molecular formula is C11H25Bi. The first-order valence-corrected chi connectivity index (χ1v) is 10.3. The third-order valence-corrected chi connectivity index (χ3v) is 17.2. The average molecular weight is 366 g/mol. The van der Waals surface area contributed by atoms with E-state index in [-0.39, 0.29) is 0 Å². The van der Waals surface area contributed by atoms with Crippen LogP contribution in [0.1, 0.15) is 55.4 Å². The molecule has 0 spiro atoms. The molecule has 0 amide bonds. The second-order valence-electron chi connectivity index (χ2n) is 5.81. The van der Waals surface area contributed by atoms with Crippen molar-refractivity contribution in [1.82, 2.24) is 0 Å². The first kappa shape index (κ1) is 12.9. The molecule has 0 aromatic heterocycles. The molecule has 0 aliphatic carbocycles. The Bertz CT molecular complexity index is 120. The van der Waals surface area contributed by atoms with Crippen LogP contribution in [0.15, 0.2) is 0 Å². The second kappa shape index (κ2) is 3.95. The summed E-state index contributed by atoms with van der Waals surface area (Å²) in [6.07, 6.45) is 0. The summed E-state index contributed by atoms with van der Waals surface area (Å²) in [6, 6.07) is 0. The summed E-state index contributed by atoms with van der Waals surface area (Å²) in [5.74, 6) is 0. The van der Waals surface area contributed by atoms with Crippen LogP contribution < -0.4 is 0 Å². The van der Waals surface area contributed by atoms with E-state index in [0.29, 0.717) is 6.25 Å². The summed E-state index contributed by atoms with van der Waals surface area (Å²) in [5.41, 5.74) is 0. The Hall–Kier alpha value is 0.883. The average Bonchev–Trinajstić information content (AvgIpc) is 1.49. The van der Waals surface area contributed by atoms with Crippen LogP contribution in [0.25, 0.3) is 0 Å². The van der Waals surface area contributed by atoms with Crippen molar-refractivity contribution in [3.63, 3.8) is 0 Å². The fourth-order valence-electron chi connectivity index (χ4n) is 2.56. The van der Waals surface area contributed by atoms with Gasteiger partial charge in [-0.1, -0.05) is 0 Å². The first-order chi connectivity index (χ1) is 5.07. The van der Waals surface area contributed by atoms with Gasteiger partial charge in [-0.25, -0.2) is 0 Å². The molecule has 0 saturated carbocycles. The van der Waals surface area contributed by atoms with E-state index in [1.807, 2.05) is 0 Å². The van der Waals surface area contributed by atoms with Crippen LogP contribution in [0.3, 0.4) is 0 Å². The molecule has 12 heavy (non-hydrogen) atoms. The van der Waals surface area contributed by atoms with Crippen LogP contribution >= 0.6 is 0 Å². The molecule has 0 rings (SSSR count). The Balaban J connectivity index is 4.70. The molecule has 0 heterocycles. The number of hydrogen-bond acceptors (Lipinski definition) is 0. The first-order valence-electron chi connectivity index (χ1n) is 4.86. The molecule has 74 valence electrons. The van der Waals surface area contributed by atoms with Gasteiger partial charge in [0.1, 0.15) is 0 Å². The standard InChI is InChI=1S/2C4H9.C3H7.Bi/c2*1-4(2)3;1-3-2;/h2*1-3H3;3H,1-2H3;. The fraction of sp³-hybridized carbons (Fsp3) is 1.00. The van der Waals surface area contributed by atoms with Crippen molar-refractivity contribution in [2.24, 2.45) is 0 Å². The van der Waals surface area contributed by atoms with E-state index in [4.69, 9.17) is 0 Å². The van der Waals surface area contributed by atoms with E-state index in [0.717, 1.165) is 3.63 Å². The monoisotopic (exact) mass is 366 g/mol. The van der Waals surface area contributed by atoms with E-state index in [9.17, 15) is 0 Å². The van der Waals surface area contributed by atoms with Crippen molar-refractivity contribution in [1.29, 1.82) is 0 Å². The van der Waals surface area contributed by atoms with Crippen LogP contribution in [0.5, 0.6) is 0 Å². The molecule has 1 heteroatoms. The SMILES string of the molecule is C[CH](C)[Bi]([C](C)(C)C)[C](C)(C)C. The quantitative estimate of drug-likeness (QED) is 0.600. The van der Waals surface area contributed by atoms with Crippen LogP contribution in [-0.2, 0) is 0 Å². The van der Waals surface area contributed by atoms with Gasteiger partial charge in [0.2, 0.25) is 0 Å². The van der Waals surface area contributed by atoms with Gasteiger partial charge in [-0.3, -0.25) is 0 Å². The molecule has 0 aliphatic heterocycles. The molecule has 0 nitrogen and oxygen atoms in total. The maximum absolute atomic E-state index is 2.44. The van der Waals surface area contributed by atoms with Crippen molar-refractivity contribution in [2.75, 3.05) is 0 Å². The fourth-order valence-corrected chi connectivity index (χ4v) is 22.4. The molecule has 0 unspecified atom stereocenters. The van der Waals surface area contributed by atoms with Crippen LogP contribution in [0.4, 0.5) is 0 Å². The van der Waals surface area contributed by atoms with E-state index >= 15 is 0 Å². The second-order valence-corrected chi connectivity index (χ2v) is 23.1. The zero-order valence-corrected chi connectivity index (χ0v) is 13.5. The molecule has 0 aliphatic rings. The predicted molar refractivity (Wildman–Crippen MR) is 60.3 cm³/mol. The van der Waals surface area contributed by atoms with E-state index in [2.05, 4.69) is 55.4 Å². The Morgan fingerprint density at radius 2 is 1.00 bits per heavy atom. The number of rotatable bonds is 1. The third kappa shape index (κ3) is 3.73. The number of hydrogen-bond donors (Lipinski definition) is 0. The molecule has 0 saturated heterocycles. The molecule has 0 bridgehead atoms. The van der Waals surface area contributed by atoms with Crippen molar-refractivity contribution in [3.05, 3.63) is 0 Å². The van der Waals surface area contributed by atoms with Gasteiger partial charge in [0.25, 0.3) is 0 Å². The van der Waals surface area contributed by atoms with Crippen LogP contribution in [-0.4, -0.2) is 21.8 Å². The molecule has 0 N–H and O–H groups in total. The van der Waals surface area contributed by atoms with Crippen molar-refractivity contribution in [2.45, 2.75) is 65.3 Å². The third-order valence-electron chi connectivity index (χ3n) is 1.96. The molecule has 0 fully saturated rings. The summed E-state index contributed by atoms with van der Waals surface area (Å²) in [7, 11) is 0. The summed E-state index contributed by atoms with van der Waals surface area (Å²) < 4.78 is 2.23. The molecule has 0 aromatic rings. The molecule has 0 aromatic carbocycles. The van der Waals surface area contributed by atoms with Gasteiger partial charge in [-0.2, -0.15) is 0 Å². The Kier molecular flexibility index (Phi) is 4.24. The minimum absolute atomic E-state index is 0.627. The van der Waals surface area contributed by atoms with Gasteiger partial charge in [0.15, 0.2) is 0 Å². The van der Waals surface area contributed by atoms with Gasteiger partial charge in [-0.05, 0) is 0 Å². The minimum atomic E-state index is -1.37. The molecule has 0 radical (unpaired) electrons. The maximum atomic E-state index is 2.44. The van der Waals surface area contributed by atoms with Crippen LogP contribution in [0, 0.1) is 0 Å². The van der Waals surface area contributed by atoms with Crippen molar-refractivity contribution < 1.29 is 0 Å². The van der Waals surface area contributed by atoms with Gasteiger partial charge in [0.05, 0.1) is 0 Å². The van der Waals surface area contributed by atoms with E-state index < -0.39 is 21.8 Å². The molecular weight excluding hydrogens is 341 g/mol. The Morgan fingerprint density at radius 1 is 0.750 bits per heavy atom. The molecule has 0 atom stereocenters. The van der Waals surface area contributed by atoms with Gasteiger partial charge >= 0.3 is 87.0 Å². The summed E-state index contributed by atoms with van der Waals surface area (Å²) in [5, 5.41) is 0. The Morgan fingerprint density at radius 3 is 1.00 bits per heavy atom. The van der Waals surface area contributed by atoms with E-state index in [1.54, 1.807) is 0 Å². The summed E-state index contributed by atoms with van der Waals surface area (Å²) in [6.45, 7) is 19.5.